The van der Waals surface area contributed by atoms with Crippen LogP contribution in [0.25, 0.3) is 11.0 Å². The van der Waals surface area contributed by atoms with Crippen molar-refractivity contribution in [3.05, 3.63) is 60.4 Å². The first kappa shape index (κ1) is 19.7. The first-order valence-electron chi connectivity index (χ1n) is 9.37. The molecule has 7 nitrogen and oxygen atoms in total. The molecule has 0 bridgehead atoms. The molecule has 1 aliphatic rings. The lowest BCUT2D eigenvalue weighted by Crippen LogP contribution is -2.29. The maximum absolute atomic E-state index is 14.2. The second kappa shape index (κ2) is 8.02. The Morgan fingerprint density at radius 3 is 2.93 bits per heavy atom. The first-order chi connectivity index (χ1) is 14.4. The fourth-order valence-electron chi connectivity index (χ4n) is 3.27. The third-order valence-corrected chi connectivity index (χ3v) is 4.88. The lowest BCUT2D eigenvalue weighted by atomic mass is 10.2. The molecule has 0 saturated carbocycles. The van der Waals surface area contributed by atoms with Crippen LogP contribution in [0.15, 0.2) is 43.2 Å². The second-order valence-electron chi connectivity index (χ2n) is 6.96. The van der Waals surface area contributed by atoms with E-state index in [0.29, 0.717) is 36.4 Å². The van der Waals surface area contributed by atoms with Crippen molar-refractivity contribution in [1.29, 1.82) is 0 Å². The fourth-order valence-corrected chi connectivity index (χ4v) is 3.27. The molecule has 3 aromatic rings. The van der Waals surface area contributed by atoms with E-state index in [1.807, 2.05) is 0 Å². The summed E-state index contributed by atoms with van der Waals surface area (Å²) in [5, 5.41) is 2.79. The van der Waals surface area contributed by atoms with E-state index in [0.717, 1.165) is 12.1 Å². The number of likely N-dealkylation sites (tertiary alicyclic amines) is 1. The van der Waals surface area contributed by atoms with Gasteiger partial charge in [-0.3, -0.25) is 4.79 Å². The van der Waals surface area contributed by atoms with Crippen LogP contribution in [0.4, 0.5) is 20.3 Å². The number of benzene rings is 1. The van der Waals surface area contributed by atoms with Crippen LogP contribution in [-0.4, -0.2) is 45.0 Å². The molecule has 0 spiro atoms. The maximum atomic E-state index is 14.2. The number of aromatic nitrogens is 3. The van der Waals surface area contributed by atoms with Crippen molar-refractivity contribution in [2.75, 3.05) is 18.4 Å². The Morgan fingerprint density at radius 2 is 2.13 bits per heavy atom. The van der Waals surface area contributed by atoms with Gasteiger partial charge in [0, 0.05) is 25.1 Å². The Kier molecular flexibility index (Phi) is 5.26. The predicted octanol–water partition coefficient (Wildman–Crippen LogP) is 3.52. The van der Waals surface area contributed by atoms with E-state index in [2.05, 4.69) is 26.8 Å². The summed E-state index contributed by atoms with van der Waals surface area (Å²) in [6, 6.07) is 5.56. The molecule has 1 amide bonds. The maximum Gasteiger partial charge on any atom is 0.246 e. The van der Waals surface area contributed by atoms with E-state index in [1.54, 1.807) is 17.0 Å². The molecule has 1 saturated heterocycles. The van der Waals surface area contributed by atoms with Crippen molar-refractivity contribution < 1.29 is 18.3 Å². The van der Waals surface area contributed by atoms with Crippen LogP contribution >= 0.6 is 0 Å². The topological polar surface area (TPSA) is 80.2 Å². The predicted molar refractivity (Wildman–Crippen MR) is 108 cm³/mol. The van der Waals surface area contributed by atoms with E-state index >= 15 is 0 Å². The average molecular weight is 411 g/mol. The number of aryl methyl sites for hydroxylation is 1. The minimum absolute atomic E-state index is 0.0550. The molecule has 0 unspecified atom stereocenters. The van der Waals surface area contributed by atoms with Crippen LogP contribution in [0.1, 0.15) is 12.0 Å². The van der Waals surface area contributed by atoms with Crippen molar-refractivity contribution in [3.8, 4) is 5.88 Å². The van der Waals surface area contributed by atoms with Gasteiger partial charge in [-0.15, -0.1) is 0 Å². The average Bonchev–Trinajstić information content (AvgIpc) is 3.20. The number of carbonyl (C=O) groups excluding carboxylic acids is 1. The van der Waals surface area contributed by atoms with Gasteiger partial charge < -0.3 is 15.0 Å². The summed E-state index contributed by atoms with van der Waals surface area (Å²) in [6.07, 6.45) is 3.05. The smallest absolute Gasteiger partial charge is 0.246 e. The van der Waals surface area contributed by atoms with Gasteiger partial charge in [-0.25, -0.2) is 23.7 Å². The normalized spacial score (nSPS) is 16.0. The number of pyridine rings is 1. The lowest BCUT2D eigenvalue weighted by Gasteiger charge is -2.15. The van der Waals surface area contributed by atoms with Gasteiger partial charge in [0.15, 0.2) is 5.82 Å². The number of carbonyl (C=O) groups is 1. The summed E-state index contributed by atoms with van der Waals surface area (Å²) in [5.41, 5.74) is 1.02. The zero-order chi connectivity index (χ0) is 21.3. The number of fused-ring (bicyclic) bond motifs is 1. The van der Waals surface area contributed by atoms with Crippen LogP contribution in [0.3, 0.4) is 0 Å². The van der Waals surface area contributed by atoms with Crippen molar-refractivity contribution in [1.82, 2.24) is 19.9 Å². The Morgan fingerprint density at radius 1 is 1.30 bits per heavy atom. The van der Waals surface area contributed by atoms with E-state index in [9.17, 15) is 13.6 Å². The van der Waals surface area contributed by atoms with Crippen LogP contribution < -0.4 is 10.1 Å². The van der Waals surface area contributed by atoms with Crippen molar-refractivity contribution in [3.63, 3.8) is 0 Å². The van der Waals surface area contributed by atoms with Crippen LogP contribution in [0.2, 0.25) is 0 Å². The molecule has 1 N–H and O–H groups in total. The minimum atomic E-state index is -0.606. The van der Waals surface area contributed by atoms with Gasteiger partial charge in [-0.1, -0.05) is 6.58 Å². The molecule has 9 heteroatoms. The van der Waals surface area contributed by atoms with Gasteiger partial charge in [0.1, 0.15) is 29.6 Å². The SMILES string of the molecule is C=CC(=O)N1CC[C@H](Oc2ccc3ncnc(Nc4cc(F)c(C)cc4F)c3n2)C1. The summed E-state index contributed by atoms with van der Waals surface area (Å²) >= 11 is 0. The summed E-state index contributed by atoms with van der Waals surface area (Å²) in [6.45, 7) is 6.00. The Bertz CT molecular complexity index is 1140. The number of rotatable bonds is 5. The number of ether oxygens (including phenoxy) is 1. The molecule has 2 aromatic heterocycles. The van der Waals surface area contributed by atoms with Gasteiger partial charge in [0.25, 0.3) is 0 Å². The molecule has 1 aliphatic heterocycles. The third kappa shape index (κ3) is 3.91. The van der Waals surface area contributed by atoms with Gasteiger partial charge in [0.2, 0.25) is 11.8 Å². The molecule has 4 rings (SSSR count). The standard InChI is InChI=1S/C21H19F2N5O2/c1-3-19(29)28-7-6-13(10-28)30-18-5-4-16-20(27-18)21(25-11-24-16)26-17-9-14(22)12(2)8-15(17)23/h3-5,8-9,11,13H,1,6-7,10H2,2H3,(H,24,25,26)/t13-/m0/s1. The number of nitrogens with one attached hydrogen (secondary N) is 1. The Labute approximate surface area is 171 Å². The molecule has 30 heavy (non-hydrogen) atoms. The van der Waals surface area contributed by atoms with Gasteiger partial charge >= 0.3 is 0 Å². The van der Waals surface area contributed by atoms with Gasteiger partial charge in [-0.05, 0) is 30.7 Å². The second-order valence-corrected chi connectivity index (χ2v) is 6.96. The molecule has 0 radical (unpaired) electrons. The van der Waals surface area contributed by atoms with Crippen molar-refractivity contribution in [2.45, 2.75) is 19.4 Å². The summed E-state index contributed by atoms with van der Waals surface area (Å²) < 4.78 is 34.0. The van der Waals surface area contributed by atoms with E-state index in [1.165, 1.54) is 19.3 Å². The van der Waals surface area contributed by atoms with Gasteiger partial charge in [-0.2, -0.15) is 0 Å². The summed E-state index contributed by atoms with van der Waals surface area (Å²) in [7, 11) is 0. The quantitative estimate of drug-likeness (QED) is 0.647. The first-order valence-corrected chi connectivity index (χ1v) is 9.37. The summed E-state index contributed by atoms with van der Waals surface area (Å²) in [5.74, 6) is -0.726. The fraction of sp³-hybridized carbons (Fsp3) is 0.238. The number of hydrogen-bond acceptors (Lipinski definition) is 6. The highest BCUT2D eigenvalue weighted by molar-refractivity contribution is 5.88. The number of nitrogens with zero attached hydrogens (tertiary/aromatic N) is 4. The molecule has 1 atom stereocenters. The number of amides is 1. The minimum Gasteiger partial charge on any atom is -0.472 e. The highest BCUT2D eigenvalue weighted by Crippen LogP contribution is 2.27. The Hall–Kier alpha value is -3.62. The molecule has 154 valence electrons. The van der Waals surface area contributed by atoms with Crippen LogP contribution in [-0.2, 0) is 4.79 Å². The molecule has 3 heterocycles. The zero-order valence-electron chi connectivity index (χ0n) is 16.2. The Balaban J connectivity index is 1.59. The number of anilines is 2. The lowest BCUT2D eigenvalue weighted by molar-refractivity contribution is -0.125. The highest BCUT2D eigenvalue weighted by Gasteiger charge is 2.26. The third-order valence-electron chi connectivity index (χ3n) is 4.88. The van der Waals surface area contributed by atoms with Crippen molar-refractivity contribution >= 4 is 28.4 Å². The zero-order valence-corrected chi connectivity index (χ0v) is 16.2. The van der Waals surface area contributed by atoms with E-state index in [-0.39, 0.29) is 29.1 Å². The van der Waals surface area contributed by atoms with Crippen LogP contribution in [0, 0.1) is 18.6 Å². The van der Waals surface area contributed by atoms with E-state index < -0.39 is 11.6 Å². The molecular weight excluding hydrogens is 392 g/mol. The molecule has 1 aromatic carbocycles. The molecule has 0 aliphatic carbocycles. The number of halogens is 2. The van der Waals surface area contributed by atoms with Gasteiger partial charge in [0.05, 0.1) is 17.7 Å². The summed E-state index contributed by atoms with van der Waals surface area (Å²) in [4.78, 5) is 26.1. The largest absolute Gasteiger partial charge is 0.472 e. The molecule has 1 fully saturated rings. The van der Waals surface area contributed by atoms with Crippen molar-refractivity contribution in [2.24, 2.45) is 0 Å². The molecular formula is C21H19F2N5O2. The van der Waals surface area contributed by atoms with E-state index in [4.69, 9.17) is 4.74 Å². The highest BCUT2D eigenvalue weighted by atomic mass is 19.1. The monoisotopic (exact) mass is 411 g/mol. The van der Waals surface area contributed by atoms with Crippen LogP contribution in [0.5, 0.6) is 5.88 Å². The number of hydrogen-bond donors (Lipinski definition) is 1.